The largest absolute Gasteiger partial charge is 0.310 e. The quantitative estimate of drug-likeness (QED) is 0.780. The second-order valence-electron chi connectivity index (χ2n) is 4.10. The molecule has 1 aromatic rings. The van der Waals surface area contributed by atoms with Gasteiger partial charge in [0.25, 0.3) is 0 Å². The summed E-state index contributed by atoms with van der Waals surface area (Å²) >= 11 is 0. The molecule has 0 bridgehead atoms. The maximum absolute atomic E-state index is 4.30. The molecule has 0 saturated carbocycles. The molecule has 0 radical (unpaired) electrons. The molecule has 1 rings (SSSR count). The van der Waals surface area contributed by atoms with Gasteiger partial charge in [-0.3, -0.25) is 4.68 Å². The zero-order valence-electron chi connectivity index (χ0n) is 10.4. The van der Waals surface area contributed by atoms with Gasteiger partial charge in [0.05, 0.1) is 6.20 Å². The highest BCUT2D eigenvalue weighted by Crippen LogP contribution is 2.21. The fourth-order valence-electron chi connectivity index (χ4n) is 1.83. The fraction of sp³-hybridized carbons (Fsp3) is 0.750. The van der Waals surface area contributed by atoms with Crippen LogP contribution in [0.3, 0.4) is 0 Å². The third-order valence-electron chi connectivity index (χ3n) is 2.87. The summed E-state index contributed by atoms with van der Waals surface area (Å²) in [5.41, 5.74) is 2.63. The maximum Gasteiger partial charge on any atom is 0.0540 e. The van der Waals surface area contributed by atoms with Crippen LogP contribution in [-0.4, -0.2) is 16.3 Å². The summed E-state index contributed by atoms with van der Waals surface area (Å²) in [6.07, 6.45) is 5.57. The average molecular weight is 209 g/mol. The molecule has 86 valence electrons. The molecule has 15 heavy (non-hydrogen) atoms. The smallest absolute Gasteiger partial charge is 0.0540 e. The van der Waals surface area contributed by atoms with Gasteiger partial charge in [-0.15, -0.1) is 0 Å². The van der Waals surface area contributed by atoms with Gasteiger partial charge in [-0.2, -0.15) is 5.10 Å². The monoisotopic (exact) mass is 209 g/mol. The van der Waals surface area contributed by atoms with Crippen LogP contribution in [0.4, 0.5) is 0 Å². The lowest BCUT2D eigenvalue weighted by molar-refractivity contribution is 0.491. The van der Waals surface area contributed by atoms with Crippen molar-refractivity contribution in [3.05, 3.63) is 17.5 Å². The molecule has 1 heterocycles. The molecule has 3 heteroatoms. The van der Waals surface area contributed by atoms with E-state index in [0.717, 1.165) is 6.54 Å². The van der Waals surface area contributed by atoms with Crippen LogP contribution in [0.15, 0.2) is 6.20 Å². The van der Waals surface area contributed by atoms with Gasteiger partial charge in [-0.05, 0) is 26.3 Å². The summed E-state index contributed by atoms with van der Waals surface area (Å²) in [6.45, 7) is 7.65. The lowest BCUT2D eigenvalue weighted by Gasteiger charge is -2.17. The van der Waals surface area contributed by atoms with E-state index in [4.69, 9.17) is 0 Å². The molecule has 1 aromatic heterocycles. The molecule has 1 unspecified atom stereocenters. The SMILES string of the molecule is CCCNC(CCC)c1cnn(C)c1C. The van der Waals surface area contributed by atoms with E-state index in [2.05, 4.69) is 31.2 Å². The lowest BCUT2D eigenvalue weighted by Crippen LogP contribution is -2.22. The van der Waals surface area contributed by atoms with Crippen molar-refractivity contribution in [2.45, 2.75) is 46.1 Å². The molecule has 0 aliphatic heterocycles. The Morgan fingerprint density at radius 3 is 2.60 bits per heavy atom. The highest BCUT2D eigenvalue weighted by molar-refractivity contribution is 5.20. The van der Waals surface area contributed by atoms with E-state index in [-0.39, 0.29) is 0 Å². The predicted octanol–water partition coefficient (Wildman–Crippen LogP) is 2.57. The first-order chi connectivity index (χ1) is 7.20. The molecule has 0 aliphatic rings. The van der Waals surface area contributed by atoms with Gasteiger partial charge in [-0.25, -0.2) is 0 Å². The molecule has 0 spiro atoms. The van der Waals surface area contributed by atoms with Gasteiger partial charge in [0, 0.05) is 24.3 Å². The van der Waals surface area contributed by atoms with Crippen molar-refractivity contribution in [1.82, 2.24) is 15.1 Å². The second-order valence-corrected chi connectivity index (χ2v) is 4.10. The topological polar surface area (TPSA) is 29.9 Å². The standard InChI is InChI=1S/C12H23N3/c1-5-7-12(13-8-6-2)11-9-14-15(4)10(11)3/h9,12-13H,5-8H2,1-4H3. The summed E-state index contributed by atoms with van der Waals surface area (Å²) in [6, 6.07) is 0.476. The molecule has 1 N–H and O–H groups in total. The van der Waals surface area contributed by atoms with Gasteiger partial charge in [0.15, 0.2) is 0 Å². The minimum absolute atomic E-state index is 0.476. The molecule has 3 nitrogen and oxygen atoms in total. The number of rotatable bonds is 6. The Morgan fingerprint density at radius 2 is 2.13 bits per heavy atom. The third-order valence-corrected chi connectivity index (χ3v) is 2.87. The minimum atomic E-state index is 0.476. The number of aromatic nitrogens is 2. The van der Waals surface area contributed by atoms with Crippen LogP contribution >= 0.6 is 0 Å². The van der Waals surface area contributed by atoms with Gasteiger partial charge in [-0.1, -0.05) is 20.3 Å². The van der Waals surface area contributed by atoms with E-state index in [9.17, 15) is 0 Å². The van der Waals surface area contributed by atoms with Crippen LogP contribution in [0.1, 0.15) is 50.4 Å². The summed E-state index contributed by atoms with van der Waals surface area (Å²) < 4.78 is 1.95. The van der Waals surface area contributed by atoms with Gasteiger partial charge in [0.2, 0.25) is 0 Å². The Hall–Kier alpha value is -0.830. The second kappa shape index (κ2) is 5.91. The molecule has 0 aromatic carbocycles. The Bertz CT molecular complexity index is 291. The summed E-state index contributed by atoms with van der Waals surface area (Å²) in [4.78, 5) is 0. The summed E-state index contributed by atoms with van der Waals surface area (Å²) in [5.74, 6) is 0. The summed E-state index contributed by atoms with van der Waals surface area (Å²) in [5, 5.41) is 7.89. The maximum atomic E-state index is 4.30. The molecular weight excluding hydrogens is 186 g/mol. The fourth-order valence-corrected chi connectivity index (χ4v) is 1.83. The van der Waals surface area contributed by atoms with E-state index in [1.807, 2.05) is 17.9 Å². The number of nitrogens with one attached hydrogen (secondary N) is 1. The van der Waals surface area contributed by atoms with Gasteiger partial charge >= 0.3 is 0 Å². The molecule has 0 saturated heterocycles. The van der Waals surface area contributed by atoms with Crippen LogP contribution in [0, 0.1) is 6.92 Å². The first-order valence-electron chi connectivity index (χ1n) is 5.92. The van der Waals surface area contributed by atoms with Gasteiger partial charge < -0.3 is 5.32 Å². The third kappa shape index (κ3) is 3.06. The normalized spacial score (nSPS) is 13.1. The van der Waals surface area contributed by atoms with Crippen LogP contribution in [0.5, 0.6) is 0 Å². The number of hydrogen-bond donors (Lipinski definition) is 1. The molecule has 0 fully saturated rings. The molecule has 1 atom stereocenters. The van der Waals surface area contributed by atoms with Crippen molar-refractivity contribution >= 4 is 0 Å². The Kier molecular flexibility index (Phi) is 4.82. The van der Waals surface area contributed by atoms with Gasteiger partial charge in [0.1, 0.15) is 0 Å². The van der Waals surface area contributed by atoms with Crippen LogP contribution in [0.25, 0.3) is 0 Å². The number of nitrogens with zero attached hydrogens (tertiary/aromatic N) is 2. The van der Waals surface area contributed by atoms with Crippen molar-refractivity contribution in [3.8, 4) is 0 Å². The highest BCUT2D eigenvalue weighted by Gasteiger charge is 2.14. The lowest BCUT2D eigenvalue weighted by atomic mass is 10.0. The first-order valence-corrected chi connectivity index (χ1v) is 5.92. The molecular formula is C12H23N3. The predicted molar refractivity (Wildman–Crippen MR) is 63.9 cm³/mol. The van der Waals surface area contributed by atoms with E-state index < -0.39 is 0 Å². The van der Waals surface area contributed by atoms with Crippen LogP contribution < -0.4 is 5.32 Å². The minimum Gasteiger partial charge on any atom is -0.310 e. The Labute approximate surface area is 92.9 Å². The number of hydrogen-bond acceptors (Lipinski definition) is 2. The Morgan fingerprint density at radius 1 is 1.40 bits per heavy atom. The zero-order valence-corrected chi connectivity index (χ0v) is 10.4. The van der Waals surface area contributed by atoms with Crippen molar-refractivity contribution < 1.29 is 0 Å². The van der Waals surface area contributed by atoms with Crippen molar-refractivity contribution in [2.24, 2.45) is 7.05 Å². The highest BCUT2D eigenvalue weighted by atomic mass is 15.3. The average Bonchev–Trinajstić information content (AvgIpc) is 2.55. The van der Waals surface area contributed by atoms with E-state index in [1.54, 1.807) is 0 Å². The van der Waals surface area contributed by atoms with Crippen molar-refractivity contribution in [1.29, 1.82) is 0 Å². The van der Waals surface area contributed by atoms with E-state index in [1.165, 1.54) is 30.5 Å². The molecule has 0 amide bonds. The first kappa shape index (κ1) is 12.2. The van der Waals surface area contributed by atoms with Crippen LogP contribution in [0.2, 0.25) is 0 Å². The number of aryl methyl sites for hydroxylation is 1. The van der Waals surface area contributed by atoms with Crippen molar-refractivity contribution in [2.75, 3.05) is 6.54 Å². The van der Waals surface area contributed by atoms with E-state index >= 15 is 0 Å². The summed E-state index contributed by atoms with van der Waals surface area (Å²) in [7, 11) is 2.00. The van der Waals surface area contributed by atoms with E-state index in [0.29, 0.717) is 6.04 Å². The van der Waals surface area contributed by atoms with Crippen molar-refractivity contribution in [3.63, 3.8) is 0 Å². The zero-order chi connectivity index (χ0) is 11.3. The Balaban J connectivity index is 2.74. The molecule has 0 aliphatic carbocycles. The van der Waals surface area contributed by atoms with Crippen LogP contribution in [-0.2, 0) is 7.05 Å².